The summed E-state index contributed by atoms with van der Waals surface area (Å²) in [5.41, 5.74) is 3.41. The van der Waals surface area contributed by atoms with Gasteiger partial charge in [0.2, 0.25) is 5.91 Å². The van der Waals surface area contributed by atoms with Crippen molar-refractivity contribution >= 4 is 17.4 Å². The minimum Gasteiger partial charge on any atom is -0.409 e. The first-order valence-corrected chi connectivity index (χ1v) is 5.62. The predicted octanol–water partition coefficient (Wildman–Crippen LogP) is 1.57. The molecule has 0 aliphatic heterocycles. The van der Waals surface area contributed by atoms with Gasteiger partial charge in [-0.1, -0.05) is 5.16 Å². The van der Waals surface area contributed by atoms with Crippen LogP contribution in [0.25, 0.3) is 0 Å². The molecule has 0 spiro atoms. The highest BCUT2D eigenvalue weighted by Gasteiger charge is 2.54. The molecule has 1 aliphatic rings. The van der Waals surface area contributed by atoms with E-state index in [1.165, 1.54) is 0 Å². The van der Waals surface area contributed by atoms with Gasteiger partial charge in [0.15, 0.2) is 5.84 Å². The van der Waals surface area contributed by atoms with Crippen LogP contribution < -0.4 is 11.1 Å². The first-order chi connectivity index (χ1) is 9.29. The number of halogens is 3. The molecule has 9 heteroatoms. The second-order valence-corrected chi connectivity index (χ2v) is 4.45. The van der Waals surface area contributed by atoms with Crippen LogP contribution in [0.2, 0.25) is 0 Å². The van der Waals surface area contributed by atoms with Gasteiger partial charge in [-0.2, -0.15) is 13.2 Å². The number of nitrogens with zero attached hydrogens (tertiary/aromatic N) is 2. The molecule has 2 rings (SSSR count). The Morgan fingerprint density at radius 3 is 2.50 bits per heavy atom. The van der Waals surface area contributed by atoms with Crippen molar-refractivity contribution in [1.82, 2.24) is 4.98 Å². The summed E-state index contributed by atoms with van der Waals surface area (Å²) in [7, 11) is 0. The molecule has 0 saturated heterocycles. The lowest BCUT2D eigenvalue weighted by Crippen LogP contribution is -2.36. The number of hydrogen-bond donors (Lipinski definition) is 3. The molecule has 1 aliphatic carbocycles. The highest BCUT2D eigenvalue weighted by atomic mass is 19.4. The lowest BCUT2D eigenvalue weighted by molar-refractivity contribution is -0.141. The molecule has 4 N–H and O–H groups in total. The summed E-state index contributed by atoms with van der Waals surface area (Å²) < 4.78 is 37.0. The molecule has 1 aromatic rings. The topological polar surface area (TPSA) is 101 Å². The molecule has 1 amide bonds. The smallest absolute Gasteiger partial charge is 0.409 e. The number of aromatic nitrogens is 1. The van der Waals surface area contributed by atoms with Gasteiger partial charge in [-0.05, 0) is 25.0 Å². The molecular weight excluding hydrogens is 277 g/mol. The van der Waals surface area contributed by atoms with Crippen LogP contribution in [0.5, 0.6) is 0 Å². The maximum absolute atomic E-state index is 12.3. The van der Waals surface area contributed by atoms with Crippen molar-refractivity contribution in [3.63, 3.8) is 0 Å². The Bertz CT molecular complexity index is 550. The van der Waals surface area contributed by atoms with Gasteiger partial charge < -0.3 is 16.3 Å². The zero-order chi connectivity index (χ0) is 15.0. The third-order valence-electron chi connectivity index (χ3n) is 3.09. The van der Waals surface area contributed by atoms with E-state index in [1.54, 1.807) is 0 Å². The van der Waals surface area contributed by atoms with Crippen molar-refractivity contribution in [3.05, 3.63) is 24.0 Å². The highest BCUT2D eigenvalue weighted by Crippen LogP contribution is 2.46. The number of nitrogens with one attached hydrogen (secondary N) is 1. The Morgan fingerprint density at radius 2 is 2.10 bits per heavy atom. The summed E-state index contributed by atoms with van der Waals surface area (Å²) in [6.07, 6.45) is -2.79. The van der Waals surface area contributed by atoms with Gasteiger partial charge in [0.1, 0.15) is 11.1 Å². The predicted molar refractivity (Wildman–Crippen MR) is 62.9 cm³/mol. The van der Waals surface area contributed by atoms with Crippen LogP contribution in [-0.2, 0) is 11.0 Å². The van der Waals surface area contributed by atoms with Crippen LogP contribution in [0.15, 0.2) is 23.5 Å². The average molecular weight is 288 g/mol. The fourth-order valence-corrected chi connectivity index (χ4v) is 1.71. The number of anilines is 1. The molecule has 0 atom stereocenters. The fourth-order valence-electron chi connectivity index (χ4n) is 1.71. The summed E-state index contributed by atoms with van der Waals surface area (Å²) in [6.45, 7) is 0. The van der Waals surface area contributed by atoms with Crippen LogP contribution in [0.3, 0.4) is 0 Å². The fraction of sp³-hybridized carbons (Fsp3) is 0.364. The molecule has 0 bridgehead atoms. The average Bonchev–Trinajstić information content (AvgIpc) is 3.19. The Morgan fingerprint density at radius 1 is 1.45 bits per heavy atom. The van der Waals surface area contributed by atoms with Gasteiger partial charge in [-0.3, -0.25) is 4.79 Å². The van der Waals surface area contributed by atoms with E-state index in [0.29, 0.717) is 12.8 Å². The summed E-state index contributed by atoms with van der Waals surface area (Å²) in [6, 6.07) is 1.86. The number of amidine groups is 1. The van der Waals surface area contributed by atoms with E-state index in [2.05, 4.69) is 15.5 Å². The zero-order valence-corrected chi connectivity index (χ0v) is 10.1. The van der Waals surface area contributed by atoms with Gasteiger partial charge in [0.05, 0.1) is 11.9 Å². The lowest BCUT2D eigenvalue weighted by atomic mass is 10.1. The molecule has 0 radical (unpaired) electrons. The zero-order valence-electron chi connectivity index (χ0n) is 10.1. The molecule has 1 aromatic heterocycles. The van der Waals surface area contributed by atoms with Crippen molar-refractivity contribution in [2.24, 2.45) is 16.3 Å². The number of carbonyl (C=O) groups excluding carboxylic acids is 1. The number of amides is 1. The monoisotopic (exact) mass is 288 g/mol. The maximum atomic E-state index is 12.3. The molecule has 0 unspecified atom stereocenters. The first-order valence-electron chi connectivity index (χ1n) is 5.62. The summed E-state index contributed by atoms with van der Waals surface area (Å²) in [5, 5.41) is 13.8. The number of nitrogens with two attached hydrogens (primary N) is 1. The van der Waals surface area contributed by atoms with E-state index in [9.17, 15) is 18.0 Å². The van der Waals surface area contributed by atoms with E-state index in [1.807, 2.05) is 0 Å². The number of alkyl halides is 3. The van der Waals surface area contributed by atoms with E-state index in [0.717, 1.165) is 18.3 Å². The summed E-state index contributed by atoms with van der Waals surface area (Å²) in [4.78, 5) is 15.2. The number of hydrogen-bond acceptors (Lipinski definition) is 4. The first kappa shape index (κ1) is 14.1. The Hall–Kier alpha value is -2.32. The number of rotatable bonds is 3. The molecule has 1 fully saturated rings. The van der Waals surface area contributed by atoms with Gasteiger partial charge in [-0.25, -0.2) is 4.98 Å². The van der Waals surface area contributed by atoms with Crippen LogP contribution in [0, 0.1) is 5.41 Å². The molecule has 1 saturated carbocycles. The molecule has 20 heavy (non-hydrogen) atoms. The molecular formula is C11H11F3N4O2. The molecule has 0 aromatic carbocycles. The summed E-state index contributed by atoms with van der Waals surface area (Å²) in [5.74, 6) is -0.746. The number of carbonyl (C=O) groups is 1. The van der Waals surface area contributed by atoms with E-state index >= 15 is 0 Å². The Kier molecular flexibility index (Phi) is 3.28. The Balaban J connectivity index is 2.10. The second-order valence-electron chi connectivity index (χ2n) is 4.45. The largest absolute Gasteiger partial charge is 0.433 e. The minimum absolute atomic E-state index is 0.111. The minimum atomic E-state index is -4.53. The van der Waals surface area contributed by atoms with Crippen molar-refractivity contribution in [2.75, 3.05) is 5.32 Å². The second kappa shape index (κ2) is 4.66. The van der Waals surface area contributed by atoms with Crippen molar-refractivity contribution in [3.8, 4) is 0 Å². The van der Waals surface area contributed by atoms with Crippen LogP contribution in [0.4, 0.5) is 18.9 Å². The van der Waals surface area contributed by atoms with Gasteiger partial charge in [-0.15, -0.1) is 0 Å². The third-order valence-corrected chi connectivity index (χ3v) is 3.09. The van der Waals surface area contributed by atoms with Crippen molar-refractivity contribution in [1.29, 1.82) is 0 Å². The Labute approximate surface area is 111 Å². The van der Waals surface area contributed by atoms with Crippen LogP contribution in [-0.4, -0.2) is 21.9 Å². The normalized spacial score (nSPS) is 17.6. The number of pyridine rings is 1. The maximum Gasteiger partial charge on any atom is 0.433 e. The van der Waals surface area contributed by atoms with Gasteiger partial charge >= 0.3 is 6.18 Å². The quantitative estimate of drug-likeness (QED) is 0.340. The van der Waals surface area contributed by atoms with E-state index < -0.39 is 23.2 Å². The summed E-state index contributed by atoms with van der Waals surface area (Å²) >= 11 is 0. The molecule has 6 nitrogen and oxygen atoms in total. The van der Waals surface area contributed by atoms with Crippen molar-refractivity contribution < 1.29 is 23.2 Å². The molecule has 108 valence electrons. The highest BCUT2D eigenvalue weighted by molar-refractivity contribution is 6.14. The SMILES string of the molecule is N/C(=N/O)C1(C(=O)Nc2ccc(C(F)(F)F)nc2)CC1. The van der Waals surface area contributed by atoms with Crippen molar-refractivity contribution in [2.45, 2.75) is 19.0 Å². The molecule has 1 heterocycles. The third kappa shape index (κ3) is 2.51. The van der Waals surface area contributed by atoms with E-state index in [-0.39, 0.29) is 11.5 Å². The van der Waals surface area contributed by atoms with Crippen LogP contribution in [0.1, 0.15) is 18.5 Å². The number of oxime groups is 1. The standard InChI is InChI=1S/C11H11F3N4O2/c12-11(13,14)7-2-1-6(5-16-7)17-9(19)10(3-4-10)8(15)18-20/h1-2,5,20H,3-4H2,(H2,15,18)(H,17,19). The van der Waals surface area contributed by atoms with Gasteiger partial charge in [0.25, 0.3) is 0 Å². The lowest BCUT2D eigenvalue weighted by Gasteiger charge is -2.13. The van der Waals surface area contributed by atoms with Gasteiger partial charge in [0, 0.05) is 0 Å². The van der Waals surface area contributed by atoms with Crippen LogP contribution >= 0.6 is 0 Å². The van der Waals surface area contributed by atoms with E-state index in [4.69, 9.17) is 10.9 Å².